The molecule has 3 nitrogen and oxygen atoms in total. The van der Waals surface area contributed by atoms with Crippen LogP contribution in [0.2, 0.25) is 0 Å². The zero-order chi connectivity index (χ0) is 17.3. The van der Waals surface area contributed by atoms with Crippen LogP contribution in [0.1, 0.15) is 31.0 Å². The Balaban J connectivity index is 1.85. The number of hydrogen-bond acceptors (Lipinski definition) is 1. The topological polar surface area (TPSA) is 34.0 Å². The number of nitrogens with one attached hydrogen (secondary N) is 1. The van der Waals surface area contributed by atoms with E-state index in [0.29, 0.717) is 12.5 Å². The number of hydrogen-bond donors (Lipinski definition) is 1. The average Bonchev–Trinajstić information content (AvgIpc) is 2.85. The molecule has 0 saturated carbocycles. The number of amides is 1. The molecule has 24 heavy (non-hydrogen) atoms. The van der Waals surface area contributed by atoms with E-state index < -0.39 is 0 Å². The number of rotatable bonds is 4. The van der Waals surface area contributed by atoms with Crippen molar-refractivity contribution in [2.45, 2.75) is 33.2 Å². The minimum absolute atomic E-state index is 0.00237. The summed E-state index contributed by atoms with van der Waals surface area (Å²) in [5, 5.41) is 4.25. The molecule has 3 rings (SSSR count). The summed E-state index contributed by atoms with van der Waals surface area (Å²) in [6, 6.07) is 16.4. The van der Waals surface area contributed by atoms with Gasteiger partial charge in [0.15, 0.2) is 0 Å². The summed E-state index contributed by atoms with van der Waals surface area (Å²) < 4.78 is 3.24. The Labute approximate surface area is 156 Å². The van der Waals surface area contributed by atoms with Gasteiger partial charge in [-0.2, -0.15) is 0 Å². The van der Waals surface area contributed by atoms with Gasteiger partial charge in [0.2, 0.25) is 5.91 Å². The largest absolute Gasteiger partial charge is 0.335 e. The fourth-order valence-corrected chi connectivity index (χ4v) is 3.53. The molecule has 0 aliphatic rings. The molecule has 0 unspecified atom stereocenters. The van der Waals surface area contributed by atoms with Crippen molar-refractivity contribution >= 4 is 45.1 Å². The lowest BCUT2D eigenvalue weighted by atomic mass is 10.0. The van der Waals surface area contributed by atoms with Gasteiger partial charge in [0, 0.05) is 20.5 Å². The van der Waals surface area contributed by atoms with Crippen LogP contribution in [0.5, 0.6) is 0 Å². The fraction of sp³-hybridized carbons (Fsp3) is 0.250. The van der Waals surface area contributed by atoms with E-state index in [9.17, 15) is 4.79 Å². The molecule has 1 amide bonds. The summed E-state index contributed by atoms with van der Waals surface area (Å²) in [6.07, 6.45) is 0. The van der Waals surface area contributed by atoms with Crippen molar-refractivity contribution in [3.05, 3.63) is 63.4 Å². The molecule has 0 saturated heterocycles. The molecule has 0 aliphatic carbocycles. The predicted octanol–water partition coefficient (Wildman–Crippen LogP) is 5.32. The van der Waals surface area contributed by atoms with Crippen molar-refractivity contribution in [1.82, 2.24) is 4.57 Å². The summed E-state index contributed by atoms with van der Waals surface area (Å²) in [5.41, 5.74) is 4.27. The van der Waals surface area contributed by atoms with Crippen molar-refractivity contribution < 1.29 is 4.79 Å². The summed E-state index contributed by atoms with van der Waals surface area (Å²) in [5.74, 6) is 0.367. The molecule has 4 heteroatoms. The van der Waals surface area contributed by atoms with Gasteiger partial charge in [0.05, 0.1) is 0 Å². The second-order valence-electron chi connectivity index (χ2n) is 6.37. The Morgan fingerprint density at radius 3 is 2.67 bits per heavy atom. The number of nitrogens with zero attached hydrogens (tertiary/aromatic N) is 1. The average molecular weight is 432 g/mol. The number of aryl methyl sites for hydroxylation is 1. The summed E-state index contributed by atoms with van der Waals surface area (Å²) in [4.78, 5) is 12.6. The molecule has 0 aliphatic heterocycles. The van der Waals surface area contributed by atoms with Gasteiger partial charge in [-0.1, -0.05) is 32.0 Å². The first-order chi connectivity index (χ1) is 11.5. The fourth-order valence-electron chi connectivity index (χ4n) is 3.02. The highest BCUT2D eigenvalue weighted by atomic mass is 127. The van der Waals surface area contributed by atoms with E-state index in [0.717, 1.165) is 16.9 Å². The Bertz CT molecular complexity index is 896. The molecule has 3 aromatic rings. The molecule has 0 bridgehead atoms. The summed E-state index contributed by atoms with van der Waals surface area (Å²) >= 11 is 2.30. The highest BCUT2D eigenvalue weighted by Crippen LogP contribution is 2.26. The van der Waals surface area contributed by atoms with Crippen LogP contribution in [0.4, 0.5) is 5.69 Å². The molecule has 0 spiro atoms. The highest BCUT2D eigenvalue weighted by molar-refractivity contribution is 14.1. The minimum atomic E-state index is 0.00237. The number of para-hydroxylation sites is 1. The predicted molar refractivity (Wildman–Crippen MR) is 109 cm³/mol. The second-order valence-corrected chi connectivity index (χ2v) is 7.61. The standard InChI is InChI=1S/C20H21IN2O/c1-13(2)17-11-16(21)8-9-18(17)22-20(24)12-23-14(3)10-15-6-4-5-7-19(15)23/h4-11,13H,12H2,1-3H3,(H,22,24). The van der Waals surface area contributed by atoms with Crippen molar-refractivity contribution in [3.63, 3.8) is 0 Å². The first-order valence-corrected chi connectivity index (χ1v) is 9.17. The van der Waals surface area contributed by atoms with E-state index in [1.807, 2.05) is 31.2 Å². The first kappa shape index (κ1) is 17.0. The van der Waals surface area contributed by atoms with Crippen molar-refractivity contribution in [2.24, 2.45) is 0 Å². The van der Waals surface area contributed by atoms with Gasteiger partial charge >= 0.3 is 0 Å². The van der Waals surface area contributed by atoms with Crippen LogP contribution in [0, 0.1) is 10.5 Å². The van der Waals surface area contributed by atoms with E-state index in [1.54, 1.807) is 0 Å². The Kier molecular flexibility index (Phi) is 4.94. The van der Waals surface area contributed by atoms with Crippen LogP contribution in [0.25, 0.3) is 10.9 Å². The van der Waals surface area contributed by atoms with Crippen LogP contribution in [0.3, 0.4) is 0 Å². The number of aromatic nitrogens is 1. The normalized spacial score (nSPS) is 11.2. The summed E-state index contributed by atoms with van der Waals surface area (Å²) in [6.45, 7) is 6.65. The summed E-state index contributed by atoms with van der Waals surface area (Å²) in [7, 11) is 0. The number of carbonyl (C=O) groups excluding carboxylic acids is 1. The van der Waals surface area contributed by atoms with Gasteiger partial charge < -0.3 is 9.88 Å². The van der Waals surface area contributed by atoms with Crippen molar-refractivity contribution in [2.75, 3.05) is 5.32 Å². The quantitative estimate of drug-likeness (QED) is 0.557. The SMILES string of the molecule is Cc1cc2ccccc2n1CC(=O)Nc1ccc(I)cc1C(C)C. The van der Waals surface area contributed by atoms with E-state index >= 15 is 0 Å². The van der Waals surface area contributed by atoms with Gasteiger partial charge in [-0.15, -0.1) is 0 Å². The van der Waals surface area contributed by atoms with E-state index in [2.05, 4.69) is 70.6 Å². The van der Waals surface area contributed by atoms with Crippen LogP contribution < -0.4 is 5.32 Å². The Morgan fingerprint density at radius 1 is 1.17 bits per heavy atom. The van der Waals surface area contributed by atoms with Crippen molar-refractivity contribution in [3.8, 4) is 0 Å². The lowest BCUT2D eigenvalue weighted by Gasteiger charge is -2.15. The molecule has 1 N–H and O–H groups in total. The molecule has 0 atom stereocenters. The zero-order valence-electron chi connectivity index (χ0n) is 14.1. The van der Waals surface area contributed by atoms with E-state index in [4.69, 9.17) is 0 Å². The van der Waals surface area contributed by atoms with E-state index in [-0.39, 0.29) is 5.91 Å². The van der Waals surface area contributed by atoms with Gasteiger partial charge in [-0.3, -0.25) is 4.79 Å². The Hall–Kier alpha value is -1.82. The first-order valence-electron chi connectivity index (χ1n) is 8.10. The Morgan fingerprint density at radius 2 is 1.92 bits per heavy atom. The monoisotopic (exact) mass is 432 g/mol. The van der Waals surface area contributed by atoms with Crippen LogP contribution in [-0.4, -0.2) is 10.5 Å². The van der Waals surface area contributed by atoms with Crippen molar-refractivity contribution in [1.29, 1.82) is 0 Å². The van der Waals surface area contributed by atoms with Crippen LogP contribution in [0.15, 0.2) is 48.5 Å². The lowest BCUT2D eigenvalue weighted by Crippen LogP contribution is -2.20. The number of fused-ring (bicyclic) bond motifs is 1. The van der Waals surface area contributed by atoms with E-state index in [1.165, 1.54) is 14.5 Å². The molecule has 1 heterocycles. The zero-order valence-corrected chi connectivity index (χ0v) is 16.3. The molecular weight excluding hydrogens is 411 g/mol. The molecule has 124 valence electrons. The molecule has 0 fully saturated rings. The maximum Gasteiger partial charge on any atom is 0.244 e. The molecule has 2 aromatic carbocycles. The van der Waals surface area contributed by atoms with Gasteiger partial charge in [0.1, 0.15) is 6.54 Å². The number of benzene rings is 2. The number of carbonyl (C=O) groups is 1. The van der Waals surface area contributed by atoms with Crippen LogP contribution in [-0.2, 0) is 11.3 Å². The highest BCUT2D eigenvalue weighted by Gasteiger charge is 2.13. The smallest absolute Gasteiger partial charge is 0.244 e. The van der Waals surface area contributed by atoms with Gasteiger partial charge in [0.25, 0.3) is 0 Å². The molecular formula is C20H21IN2O. The third-order valence-corrected chi connectivity index (χ3v) is 4.90. The second kappa shape index (κ2) is 6.97. The third kappa shape index (κ3) is 3.48. The number of anilines is 1. The van der Waals surface area contributed by atoms with Crippen LogP contribution >= 0.6 is 22.6 Å². The molecule has 1 aromatic heterocycles. The molecule has 0 radical (unpaired) electrons. The van der Waals surface area contributed by atoms with Gasteiger partial charge in [-0.05, 0) is 76.7 Å². The minimum Gasteiger partial charge on any atom is -0.335 e. The number of halogens is 1. The van der Waals surface area contributed by atoms with Gasteiger partial charge in [-0.25, -0.2) is 0 Å². The maximum absolute atomic E-state index is 12.6. The third-order valence-electron chi connectivity index (χ3n) is 4.23. The maximum atomic E-state index is 12.6. The lowest BCUT2D eigenvalue weighted by molar-refractivity contribution is -0.116.